The van der Waals surface area contributed by atoms with E-state index in [1.54, 1.807) is 16.7 Å². The molecule has 1 heteroatoms. The third-order valence-corrected chi connectivity index (χ3v) is 4.67. The van der Waals surface area contributed by atoms with E-state index in [0.717, 1.165) is 18.4 Å². The maximum absolute atomic E-state index is 3.76. The van der Waals surface area contributed by atoms with Crippen molar-refractivity contribution in [2.45, 2.75) is 51.5 Å². The van der Waals surface area contributed by atoms with Gasteiger partial charge in [-0.1, -0.05) is 32.0 Å². The van der Waals surface area contributed by atoms with Crippen LogP contribution in [-0.2, 0) is 6.42 Å². The molecule has 1 aromatic carbocycles. The fourth-order valence-electron chi connectivity index (χ4n) is 3.87. The van der Waals surface area contributed by atoms with E-state index in [1.165, 1.54) is 25.7 Å². The monoisotopic (exact) mass is 229 g/mol. The highest BCUT2D eigenvalue weighted by atomic mass is 14.9. The van der Waals surface area contributed by atoms with Gasteiger partial charge in [0.1, 0.15) is 0 Å². The Morgan fingerprint density at radius 1 is 1.35 bits per heavy atom. The summed E-state index contributed by atoms with van der Waals surface area (Å²) in [6, 6.07) is 7.57. The standard InChI is InChI=1S/C16H23N/c1-3-10-17-16-11(2)13-8-4-6-12-7-5-9-14(16)15(12)13/h5,7,9,11,13,16-17H,3-4,6,8,10H2,1-2H3. The minimum Gasteiger partial charge on any atom is -0.310 e. The van der Waals surface area contributed by atoms with Crippen molar-refractivity contribution in [2.75, 3.05) is 6.54 Å². The highest BCUT2D eigenvalue weighted by Gasteiger charge is 2.39. The van der Waals surface area contributed by atoms with Crippen LogP contribution in [0.2, 0.25) is 0 Å². The summed E-state index contributed by atoms with van der Waals surface area (Å²) >= 11 is 0. The van der Waals surface area contributed by atoms with Gasteiger partial charge in [-0.3, -0.25) is 0 Å². The van der Waals surface area contributed by atoms with Crippen LogP contribution in [0.25, 0.3) is 0 Å². The van der Waals surface area contributed by atoms with Gasteiger partial charge >= 0.3 is 0 Å². The molecule has 3 unspecified atom stereocenters. The van der Waals surface area contributed by atoms with E-state index in [1.807, 2.05) is 0 Å². The first-order valence-corrected chi connectivity index (χ1v) is 7.18. The Kier molecular flexibility index (Phi) is 2.96. The van der Waals surface area contributed by atoms with E-state index in [2.05, 4.69) is 37.4 Å². The Morgan fingerprint density at radius 3 is 3.06 bits per heavy atom. The first-order chi connectivity index (χ1) is 8.33. The number of rotatable bonds is 3. The van der Waals surface area contributed by atoms with Crippen LogP contribution in [0, 0.1) is 5.92 Å². The molecule has 0 fully saturated rings. The average Bonchev–Trinajstić information content (AvgIpc) is 2.64. The van der Waals surface area contributed by atoms with Gasteiger partial charge in [-0.15, -0.1) is 0 Å². The molecule has 2 aliphatic rings. The lowest BCUT2D eigenvalue weighted by Crippen LogP contribution is -2.25. The third-order valence-electron chi connectivity index (χ3n) is 4.67. The van der Waals surface area contributed by atoms with Crippen LogP contribution in [0.3, 0.4) is 0 Å². The summed E-state index contributed by atoms with van der Waals surface area (Å²) in [6.07, 6.45) is 5.30. The molecule has 1 N–H and O–H groups in total. The minimum atomic E-state index is 0.605. The van der Waals surface area contributed by atoms with Crippen molar-refractivity contribution in [3.63, 3.8) is 0 Å². The van der Waals surface area contributed by atoms with Crippen LogP contribution in [-0.4, -0.2) is 6.54 Å². The number of hydrogen-bond acceptors (Lipinski definition) is 1. The van der Waals surface area contributed by atoms with Gasteiger partial charge in [0.25, 0.3) is 0 Å². The normalized spacial score (nSPS) is 30.4. The van der Waals surface area contributed by atoms with Crippen molar-refractivity contribution in [1.29, 1.82) is 0 Å². The van der Waals surface area contributed by atoms with Gasteiger partial charge in [-0.2, -0.15) is 0 Å². The maximum atomic E-state index is 3.76. The second kappa shape index (κ2) is 4.45. The molecule has 17 heavy (non-hydrogen) atoms. The Bertz CT molecular complexity index is 410. The lowest BCUT2D eigenvalue weighted by molar-refractivity contribution is 0.347. The molecule has 0 saturated carbocycles. The zero-order chi connectivity index (χ0) is 11.8. The van der Waals surface area contributed by atoms with Crippen LogP contribution >= 0.6 is 0 Å². The highest BCUT2D eigenvalue weighted by molar-refractivity contribution is 5.46. The van der Waals surface area contributed by atoms with Crippen molar-refractivity contribution in [3.8, 4) is 0 Å². The molecule has 0 bridgehead atoms. The zero-order valence-corrected chi connectivity index (χ0v) is 11.0. The largest absolute Gasteiger partial charge is 0.310 e. The van der Waals surface area contributed by atoms with Crippen molar-refractivity contribution < 1.29 is 0 Å². The predicted octanol–water partition coefficient (Wildman–Crippen LogP) is 3.80. The number of benzene rings is 1. The topological polar surface area (TPSA) is 12.0 Å². The molecule has 0 aromatic heterocycles. The van der Waals surface area contributed by atoms with E-state index in [4.69, 9.17) is 0 Å². The smallest absolute Gasteiger partial charge is 0.0354 e. The molecule has 3 rings (SSSR count). The third kappa shape index (κ3) is 1.72. The molecular weight excluding hydrogens is 206 g/mol. The summed E-state index contributed by atoms with van der Waals surface area (Å²) < 4.78 is 0. The summed E-state index contributed by atoms with van der Waals surface area (Å²) in [7, 11) is 0. The Balaban J connectivity index is 1.99. The van der Waals surface area contributed by atoms with Gasteiger partial charge in [0, 0.05) is 6.04 Å². The molecule has 0 saturated heterocycles. The van der Waals surface area contributed by atoms with E-state index in [-0.39, 0.29) is 0 Å². The van der Waals surface area contributed by atoms with Crippen molar-refractivity contribution in [1.82, 2.24) is 5.32 Å². The van der Waals surface area contributed by atoms with E-state index in [0.29, 0.717) is 6.04 Å². The number of aryl methyl sites for hydroxylation is 1. The molecule has 92 valence electrons. The molecule has 0 heterocycles. The summed E-state index contributed by atoms with van der Waals surface area (Å²) in [4.78, 5) is 0. The molecule has 0 amide bonds. The molecule has 3 atom stereocenters. The quantitative estimate of drug-likeness (QED) is 0.831. The molecule has 0 aliphatic heterocycles. The molecular formula is C16H23N. The van der Waals surface area contributed by atoms with E-state index >= 15 is 0 Å². The highest BCUT2D eigenvalue weighted by Crippen LogP contribution is 2.50. The SMILES string of the molecule is CCCNC1c2cccc3c2C(CCC3)C1C. The van der Waals surface area contributed by atoms with Gasteiger partial charge < -0.3 is 5.32 Å². The fraction of sp³-hybridized carbons (Fsp3) is 0.625. The maximum Gasteiger partial charge on any atom is 0.0354 e. The van der Waals surface area contributed by atoms with Crippen LogP contribution in [0.5, 0.6) is 0 Å². The first-order valence-electron chi connectivity index (χ1n) is 7.18. The Hall–Kier alpha value is -0.820. The van der Waals surface area contributed by atoms with Crippen LogP contribution in [0.4, 0.5) is 0 Å². The first kappa shape index (κ1) is 11.3. The molecule has 1 nitrogen and oxygen atoms in total. The van der Waals surface area contributed by atoms with Gasteiger partial charge in [0.15, 0.2) is 0 Å². The van der Waals surface area contributed by atoms with Crippen molar-refractivity contribution >= 4 is 0 Å². The zero-order valence-electron chi connectivity index (χ0n) is 11.0. The lowest BCUT2D eigenvalue weighted by atomic mass is 9.81. The van der Waals surface area contributed by atoms with Crippen molar-refractivity contribution in [3.05, 3.63) is 34.9 Å². The number of hydrogen-bond donors (Lipinski definition) is 1. The predicted molar refractivity (Wildman–Crippen MR) is 72.3 cm³/mol. The van der Waals surface area contributed by atoms with Crippen LogP contribution in [0.1, 0.15) is 61.8 Å². The average molecular weight is 229 g/mol. The summed E-state index contributed by atoms with van der Waals surface area (Å²) in [5.74, 6) is 1.60. The Morgan fingerprint density at radius 2 is 2.24 bits per heavy atom. The van der Waals surface area contributed by atoms with Crippen LogP contribution in [0.15, 0.2) is 18.2 Å². The lowest BCUT2D eigenvalue weighted by Gasteiger charge is -2.25. The summed E-state index contributed by atoms with van der Waals surface area (Å²) in [5.41, 5.74) is 4.94. The van der Waals surface area contributed by atoms with E-state index < -0.39 is 0 Å². The molecule has 2 aliphatic carbocycles. The summed E-state index contributed by atoms with van der Waals surface area (Å²) in [5, 5.41) is 3.76. The molecule has 0 radical (unpaired) electrons. The minimum absolute atomic E-state index is 0.605. The fourth-order valence-corrected chi connectivity index (χ4v) is 3.87. The van der Waals surface area contributed by atoms with Gasteiger partial charge in [0.05, 0.1) is 0 Å². The van der Waals surface area contributed by atoms with Crippen LogP contribution < -0.4 is 5.32 Å². The second-order valence-corrected chi connectivity index (χ2v) is 5.71. The van der Waals surface area contributed by atoms with E-state index in [9.17, 15) is 0 Å². The molecule has 1 aromatic rings. The van der Waals surface area contributed by atoms with Gasteiger partial charge in [0.2, 0.25) is 0 Å². The van der Waals surface area contributed by atoms with Gasteiger partial charge in [-0.25, -0.2) is 0 Å². The summed E-state index contributed by atoms with van der Waals surface area (Å²) in [6.45, 7) is 5.83. The van der Waals surface area contributed by atoms with Crippen molar-refractivity contribution in [2.24, 2.45) is 5.92 Å². The second-order valence-electron chi connectivity index (χ2n) is 5.71. The Labute approximate surface area is 105 Å². The molecule has 0 spiro atoms. The van der Waals surface area contributed by atoms with Gasteiger partial charge in [-0.05, 0) is 60.8 Å². The number of nitrogens with one attached hydrogen (secondary N) is 1.